The molecule has 2 rings (SSSR count). The number of benzene rings is 2. The molecule has 0 aliphatic heterocycles. The number of rotatable bonds is 8. The maximum absolute atomic E-state index is 12.6. The smallest absolute Gasteiger partial charge is 0.240 e. The number of methoxy groups -OCH3 is 1. The molecule has 0 saturated heterocycles. The Bertz CT molecular complexity index is 851. The Kier molecular flexibility index (Phi) is 6.76. The fraction of sp³-hybridized carbons (Fsp3) is 0.316. The molecular formula is C19H24N2O4S. The van der Waals surface area contributed by atoms with E-state index in [4.69, 9.17) is 4.74 Å². The summed E-state index contributed by atoms with van der Waals surface area (Å²) < 4.78 is 33.1. The fourth-order valence-corrected chi connectivity index (χ4v) is 3.84. The maximum atomic E-state index is 12.6. The Balaban J connectivity index is 2.07. The summed E-state index contributed by atoms with van der Waals surface area (Å²) in [7, 11) is -2.26. The molecule has 2 N–H and O–H groups in total. The average Bonchev–Trinajstić information content (AvgIpc) is 2.60. The highest BCUT2D eigenvalue weighted by molar-refractivity contribution is 7.89. The van der Waals surface area contributed by atoms with E-state index in [-0.39, 0.29) is 16.8 Å². The molecule has 1 atom stereocenters. The van der Waals surface area contributed by atoms with Gasteiger partial charge in [0.05, 0.1) is 17.7 Å². The first-order chi connectivity index (χ1) is 12.3. The van der Waals surface area contributed by atoms with E-state index in [1.165, 1.54) is 37.8 Å². The van der Waals surface area contributed by atoms with Crippen LogP contribution in [0, 0.1) is 0 Å². The first-order valence-electron chi connectivity index (χ1n) is 8.33. The minimum atomic E-state index is -3.68. The molecule has 0 aliphatic carbocycles. The molecule has 2 aromatic carbocycles. The molecule has 0 aliphatic rings. The van der Waals surface area contributed by atoms with E-state index in [1.54, 1.807) is 0 Å². The molecule has 26 heavy (non-hydrogen) atoms. The lowest BCUT2D eigenvalue weighted by molar-refractivity contribution is -0.114. The van der Waals surface area contributed by atoms with Crippen LogP contribution in [-0.2, 0) is 21.2 Å². The summed E-state index contributed by atoms with van der Waals surface area (Å²) in [6.07, 6.45) is 1.47. The van der Waals surface area contributed by atoms with Crippen LogP contribution in [-0.4, -0.2) is 27.5 Å². The van der Waals surface area contributed by atoms with Crippen molar-refractivity contribution in [1.29, 1.82) is 0 Å². The number of ether oxygens (including phenoxy) is 1. The average molecular weight is 376 g/mol. The van der Waals surface area contributed by atoms with E-state index in [9.17, 15) is 13.2 Å². The zero-order valence-corrected chi connectivity index (χ0v) is 16.0. The van der Waals surface area contributed by atoms with E-state index in [0.29, 0.717) is 17.9 Å². The Hall–Kier alpha value is -2.38. The molecule has 0 unspecified atom stereocenters. The van der Waals surface area contributed by atoms with Gasteiger partial charge >= 0.3 is 0 Å². The predicted molar refractivity (Wildman–Crippen MR) is 102 cm³/mol. The predicted octanol–water partition coefficient (Wildman–Crippen LogP) is 2.95. The van der Waals surface area contributed by atoms with Crippen molar-refractivity contribution in [3.05, 3.63) is 54.1 Å². The van der Waals surface area contributed by atoms with Gasteiger partial charge in [0.15, 0.2) is 0 Å². The standard InChI is InChI=1S/C19H24N2O4S/c1-14(9-10-16-7-5-4-6-8-16)21-26(23,24)17-11-12-18(20-15(2)22)19(13-17)25-3/h4-8,11-14,21H,9-10H2,1-3H3,(H,20,22)/t14-/m0/s1. The molecule has 7 heteroatoms. The van der Waals surface area contributed by atoms with Gasteiger partial charge in [-0.1, -0.05) is 30.3 Å². The number of hydrogen-bond donors (Lipinski definition) is 2. The summed E-state index contributed by atoms with van der Waals surface area (Å²) in [6.45, 7) is 3.21. The van der Waals surface area contributed by atoms with Gasteiger partial charge in [0.1, 0.15) is 5.75 Å². The molecule has 6 nitrogen and oxygen atoms in total. The Morgan fingerprint density at radius 1 is 1.15 bits per heavy atom. The first kappa shape index (κ1) is 19.9. The van der Waals surface area contributed by atoms with Gasteiger partial charge in [-0.2, -0.15) is 0 Å². The molecule has 0 fully saturated rings. The van der Waals surface area contributed by atoms with Crippen molar-refractivity contribution in [2.75, 3.05) is 12.4 Å². The second-order valence-corrected chi connectivity index (χ2v) is 7.80. The van der Waals surface area contributed by atoms with E-state index in [1.807, 2.05) is 37.3 Å². The number of nitrogens with one attached hydrogen (secondary N) is 2. The number of hydrogen-bond acceptors (Lipinski definition) is 4. The van der Waals surface area contributed by atoms with Gasteiger partial charge in [-0.05, 0) is 37.5 Å². The van der Waals surface area contributed by atoms with Crippen molar-refractivity contribution in [3.8, 4) is 5.75 Å². The molecule has 0 aromatic heterocycles. The molecule has 0 saturated carbocycles. The largest absolute Gasteiger partial charge is 0.495 e. The summed E-state index contributed by atoms with van der Waals surface area (Å²) in [5.41, 5.74) is 1.59. The van der Waals surface area contributed by atoms with Crippen molar-refractivity contribution < 1.29 is 17.9 Å². The van der Waals surface area contributed by atoms with E-state index >= 15 is 0 Å². The second-order valence-electron chi connectivity index (χ2n) is 6.09. The molecule has 140 valence electrons. The topological polar surface area (TPSA) is 84.5 Å². The van der Waals surface area contributed by atoms with E-state index < -0.39 is 10.0 Å². The molecule has 1 amide bonds. The van der Waals surface area contributed by atoms with E-state index in [2.05, 4.69) is 10.0 Å². The lowest BCUT2D eigenvalue weighted by Gasteiger charge is -2.16. The number of carbonyl (C=O) groups is 1. The van der Waals surface area contributed by atoms with Gasteiger partial charge in [0, 0.05) is 19.0 Å². The van der Waals surface area contributed by atoms with Crippen LogP contribution < -0.4 is 14.8 Å². The summed E-state index contributed by atoms with van der Waals surface area (Å²) >= 11 is 0. The zero-order valence-electron chi connectivity index (χ0n) is 15.2. The fourth-order valence-electron chi connectivity index (χ4n) is 2.55. The normalized spacial score (nSPS) is 12.4. The Labute approximate surface area is 154 Å². The lowest BCUT2D eigenvalue weighted by Crippen LogP contribution is -2.33. The highest BCUT2D eigenvalue weighted by Gasteiger charge is 2.19. The highest BCUT2D eigenvalue weighted by Crippen LogP contribution is 2.27. The van der Waals surface area contributed by atoms with Crippen LogP contribution in [0.5, 0.6) is 5.75 Å². The van der Waals surface area contributed by atoms with Crippen LogP contribution in [0.3, 0.4) is 0 Å². The molecule has 2 aromatic rings. The van der Waals surface area contributed by atoms with E-state index in [0.717, 1.165) is 6.42 Å². The highest BCUT2D eigenvalue weighted by atomic mass is 32.2. The van der Waals surface area contributed by atoms with Gasteiger partial charge in [0.25, 0.3) is 0 Å². The molecular weight excluding hydrogens is 352 g/mol. The van der Waals surface area contributed by atoms with Crippen LogP contribution in [0.25, 0.3) is 0 Å². The first-order valence-corrected chi connectivity index (χ1v) is 9.82. The summed E-state index contributed by atoms with van der Waals surface area (Å²) in [5, 5.41) is 2.60. The van der Waals surface area contributed by atoms with Crippen molar-refractivity contribution in [3.63, 3.8) is 0 Å². The zero-order chi connectivity index (χ0) is 19.2. The minimum absolute atomic E-state index is 0.0926. The van der Waals surface area contributed by atoms with Gasteiger partial charge in [-0.25, -0.2) is 13.1 Å². The third-order valence-corrected chi connectivity index (χ3v) is 5.45. The van der Waals surface area contributed by atoms with Crippen LogP contribution in [0.1, 0.15) is 25.8 Å². The Morgan fingerprint density at radius 2 is 1.85 bits per heavy atom. The van der Waals surface area contributed by atoms with Crippen molar-refractivity contribution >= 4 is 21.6 Å². The minimum Gasteiger partial charge on any atom is -0.495 e. The summed E-state index contributed by atoms with van der Waals surface area (Å²) in [6, 6.07) is 14.1. The molecule has 0 heterocycles. The molecule has 0 bridgehead atoms. The lowest BCUT2D eigenvalue weighted by atomic mass is 10.1. The van der Waals surface area contributed by atoms with Crippen LogP contribution in [0.2, 0.25) is 0 Å². The quantitative estimate of drug-likeness (QED) is 0.742. The number of sulfonamides is 1. The Morgan fingerprint density at radius 3 is 2.46 bits per heavy atom. The van der Waals surface area contributed by atoms with Crippen molar-refractivity contribution in [2.24, 2.45) is 0 Å². The summed E-state index contributed by atoms with van der Waals surface area (Å²) in [5.74, 6) is 0.0339. The third kappa shape index (κ3) is 5.57. The number of amides is 1. The number of carbonyl (C=O) groups excluding carboxylic acids is 1. The van der Waals surface area contributed by atoms with Crippen molar-refractivity contribution in [1.82, 2.24) is 4.72 Å². The van der Waals surface area contributed by atoms with Crippen LogP contribution in [0.4, 0.5) is 5.69 Å². The SMILES string of the molecule is COc1cc(S(=O)(=O)N[C@@H](C)CCc2ccccc2)ccc1NC(C)=O. The molecule has 0 spiro atoms. The van der Waals surface area contributed by atoms with Crippen LogP contribution >= 0.6 is 0 Å². The second kappa shape index (κ2) is 8.82. The third-order valence-electron chi connectivity index (χ3n) is 3.86. The summed E-state index contributed by atoms with van der Waals surface area (Å²) in [4.78, 5) is 11.3. The molecule has 0 radical (unpaired) electrons. The van der Waals surface area contributed by atoms with Gasteiger partial charge < -0.3 is 10.1 Å². The van der Waals surface area contributed by atoms with Gasteiger partial charge in [0.2, 0.25) is 15.9 Å². The van der Waals surface area contributed by atoms with Gasteiger partial charge in [-0.15, -0.1) is 0 Å². The number of aryl methyl sites for hydroxylation is 1. The number of anilines is 1. The maximum Gasteiger partial charge on any atom is 0.240 e. The monoisotopic (exact) mass is 376 g/mol. The van der Waals surface area contributed by atoms with Gasteiger partial charge in [-0.3, -0.25) is 4.79 Å². The van der Waals surface area contributed by atoms with Crippen molar-refractivity contribution in [2.45, 2.75) is 37.6 Å². The van der Waals surface area contributed by atoms with Crippen LogP contribution in [0.15, 0.2) is 53.4 Å².